The predicted molar refractivity (Wildman–Crippen MR) is 44.1 cm³/mol. The molecule has 1 nitrogen and oxygen atoms in total. The van der Waals surface area contributed by atoms with Crippen LogP contribution in [0.3, 0.4) is 0 Å². The molecule has 0 heterocycles. The normalized spacial score (nSPS) is 14.1. The first kappa shape index (κ1) is 11.0. The lowest BCUT2D eigenvalue weighted by Gasteiger charge is -2.17. The maximum Gasteiger partial charge on any atom is 0.407 e. The van der Waals surface area contributed by atoms with Crippen LogP contribution in [0.1, 0.15) is 17.2 Å². The van der Waals surface area contributed by atoms with Crippen LogP contribution in [0.15, 0.2) is 18.2 Å². The van der Waals surface area contributed by atoms with Gasteiger partial charge in [-0.05, 0) is 12.5 Å². The Hall–Kier alpha value is -1.10. The molecule has 0 amide bonds. The summed E-state index contributed by atoms with van der Waals surface area (Å²) in [6, 6.07) is 1.52. The van der Waals surface area contributed by atoms with Crippen LogP contribution in [0.25, 0.3) is 0 Å². The largest absolute Gasteiger partial charge is 0.407 e. The molecule has 0 saturated heterocycles. The number of nitrogens with two attached hydrogens (primary N) is 1. The van der Waals surface area contributed by atoms with Crippen molar-refractivity contribution in [1.29, 1.82) is 0 Å². The molecule has 0 aliphatic heterocycles. The second-order valence-corrected chi connectivity index (χ2v) is 3.00. The van der Waals surface area contributed by atoms with Crippen LogP contribution in [0.5, 0.6) is 0 Å². The van der Waals surface area contributed by atoms with Crippen LogP contribution in [0.4, 0.5) is 17.6 Å². The quantitative estimate of drug-likeness (QED) is 0.704. The summed E-state index contributed by atoms with van der Waals surface area (Å²) in [6.07, 6.45) is -4.62. The van der Waals surface area contributed by atoms with Gasteiger partial charge in [0.15, 0.2) is 0 Å². The first-order chi connectivity index (χ1) is 6.34. The summed E-state index contributed by atoms with van der Waals surface area (Å²) in [7, 11) is 0. The van der Waals surface area contributed by atoms with E-state index in [0.717, 1.165) is 6.07 Å². The van der Waals surface area contributed by atoms with Crippen LogP contribution < -0.4 is 5.73 Å². The number of aryl methyl sites for hydroxylation is 1. The van der Waals surface area contributed by atoms with Crippen molar-refractivity contribution < 1.29 is 17.6 Å². The van der Waals surface area contributed by atoms with E-state index in [-0.39, 0.29) is 5.56 Å². The minimum Gasteiger partial charge on any atom is -0.316 e. The summed E-state index contributed by atoms with van der Waals surface area (Å²) < 4.78 is 49.7. The zero-order chi connectivity index (χ0) is 10.9. The summed E-state index contributed by atoms with van der Waals surface area (Å²) in [6.45, 7) is 1.39. The molecule has 78 valence electrons. The average Bonchev–Trinajstić information content (AvgIpc) is 2.07. The average molecular weight is 207 g/mol. The van der Waals surface area contributed by atoms with E-state index in [1.54, 1.807) is 0 Å². The molecule has 1 aromatic carbocycles. The van der Waals surface area contributed by atoms with E-state index in [1.807, 2.05) is 0 Å². The Morgan fingerprint density at radius 3 is 2.36 bits per heavy atom. The molecular formula is C9H9F4N. The summed E-state index contributed by atoms with van der Waals surface area (Å²) in [4.78, 5) is 0. The number of halogens is 4. The highest BCUT2D eigenvalue weighted by Crippen LogP contribution is 2.32. The zero-order valence-electron chi connectivity index (χ0n) is 7.40. The van der Waals surface area contributed by atoms with Gasteiger partial charge in [-0.25, -0.2) is 4.39 Å². The van der Waals surface area contributed by atoms with E-state index in [2.05, 4.69) is 0 Å². The van der Waals surface area contributed by atoms with Crippen molar-refractivity contribution in [3.05, 3.63) is 35.1 Å². The summed E-state index contributed by atoms with van der Waals surface area (Å²) in [5.41, 5.74) is 4.52. The number of rotatable bonds is 1. The van der Waals surface area contributed by atoms with Gasteiger partial charge in [-0.1, -0.05) is 18.2 Å². The lowest BCUT2D eigenvalue weighted by atomic mass is 10.0. The van der Waals surface area contributed by atoms with E-state index in [0.29, 0.717) is 0 Å². The summed E-state index contributed by atoms with van der Waals surface area (Å²) in [5, 5.41) is 0. The Balaban J connectivity index is 3.14. The van der Waals surface area contributed by atoms with Gasteiger partial charge in [-0.15, -0.1) is 0 Å². The van der Waals surface area contributed by atoms with E-state index >= 15 is 0 Å². The Labute approximate surface area is 78.5 Å². The Bertz CT molecular complexity index is 332. The zero-order valence-corrected chi connectivity index (χ0v) is 7.40. The maximum atomic E-state index is 13.2. The minimum atomic E-state index is -4.62. The maximum absolute atomic E-state index is 13.2. The third-order valence-electron chi connectivity index (χ3n) is 1.91. The summed E-state index contributed by atoms with van der Waals surface area (Å²) >= 11 is 0. The molecule has 0 aromatic heterocycles. The van der Waals surface area contributed by atoms with Gasteiger partial charge < -0.3 is 5.73 Å². The summed E-state index contributed by atoms with van der Waals surface area (Å²) in [5.74, 6) is -0.891. The second kappa shape index (κ2) is 3.57. The van der Waals surface area contributed by atoms with E-state index < -0.39 is 23.6 Å². The third kappa shape index (κ3) is 2.04. The van der Waals surface area contributed by atoms with Gasteiger partial charge in [-0.3, -0.25) is 0 Å². The molecule has 0 aliphatic carbocycles. The topological polar surface area (TPSA) is 26.0 Å². The molecule has 1 atom stereocenters. The minimum absolute atomic E-state index is 0.155. The van der Waals surface area contributed by atoms with Gasteiger partial charge in [0.2, 0.25) is 0 Å². The predicted octanol–water partition coefficient (Wildman–Crippen LogP) is 2.70. The van der Waals surface area contributed by atoms with Gasteiger partial charge in [0, 0.05) is 5.56 Å². The van der Waals surface area contributed by atoms with Crippen molar-refractivity contribution in [2.24, 2.45) is 5.73 Å². The molecule has 5 heteroatoms. The highest BCUT2D eigenvalue weighted by molar-refractivity contribution is 5.28. The third-order valence-corrected chi connectivity index (χ3v) is 1.91. The SMILES string of the molecule is Cc1cccc([C@H](N)C(F)(F)F)c1F. The van der Waals surface area contributed by atoms with Crippen molar-refractivity contribution in [3.63, 3.8) is 0 Å². The van der Waals surface area contributed by atoms with Crippen LogP contribution in [0.2, 0.25) is 0 Å². The van der Waals surface area contributed by atoms with Crippen LogP contribution in [-0.2, 0) is 0 Å². The van der Waals surface area contributed by atoms with Gasteiger partial charge >= 0.3 is 6.18 Å². The van der Waals surface area contributed by atoms with Crippen molar-refractivity contribution in [3.8, 4) is 0 Å². The van der Waals surface area contributed by atoms with Gasteiger partial charge in [0.1, 0.15) is 11.9 Å². The van der Waals surface area contributed by atoms with Gasteiger partial charge in [0.05, 0.1) is 0 Å². The highest BCUT2D eigenvalue weighted by atomic mass is 19.4. The number of benzene rings is 1. The highest BCUT2D eigenvalue weighted by Gasteiger charge is 2.39. The second-order valence-electron chi connectivity index (χ2n) is 3.00. The van der Waals surface area contributed by atoms with E-state index in [9.17, 15) is 17.6 Å². The van der Waals surface area contributed by atoms with E-state index in [4.69, 9.17) is 5.73 Å². The van der Waals surface area contributed by atoms with Crippen molar-refractivity contribution in [2.45, 2.75) is 19.1 Å². The van der Waals surface area contributed by atoms with Crippen molar-refractivity contribution >= 4 is 0 Å². The van der Waals surface area contributed by atoms with Crippen LogP contribution >= 0.6 is 0 Å². The molecule has 0 bridgehead atoms. The number of hydrogen-bond acceptors (Lipinski definition) is 1. The first-order valence-electron chi connectivity index (χ1n) is 3.91. The standard InChI is InChI=1S/C9H9F4N/c1-5-3-2-4-6(7(5)10)8(14)9(11,12)13/h2-4,8H,14H2,1H3/t8-/m0/s1. The fourth-order valence-electron chi connectivity index (χ4n) is 1.09. The van der Waals surface area contributed by atoms with Crippen molar-refractivity contribution in [2.75, 3.05) is 0 Å². The molecule has 1 aromatic rings. The molecule has 2 N–H and O–H groups in total. The molecule has 0 fully saturated rings. The van der Waals surface area contributed by atoms with Crippen molar-refractivity contribution in [1.82, 2.24) is 0 Å². The van der Waals surface area contributed by atoms with E-state index in [1.165, 1.54) is 19.1 Å². The lowest BCUT2D eigenvalue weighted by Crippen LogP contribution is -2.29. The molecule has 0 unspecified atom stereocenters. The van der Waals surface area contributed by atoms with Gasteiger partial charge in [0.25, 0.3) is 0 Å². The number of alkyl halides is 3. The monoisotopic (exact) mass is 207 g/mol. The smallest absolute Gasteiger partial charge is 0.316 e. The number of hydrogen-bond donors (Lipinski definition) is 1. The Morgan fingerprint density at radius 1 is 1.29 bits per heavy atom. The Morgan fingerprint density at radius 2 is 1.86 bits per heavy atom. The molecule has 0 aliphatic rings. The molecule has 0 radical (unpaired) electrons. The van der Waals surface area contributed by atoms with Gasteiger partial charge in [-0.2, -0.15) is 13.2 Å². The molecule has 14 heavy (non-hydrogen) atoms. The fraction of sp³-hybridized carbons (Fsp3) is 0.333. The lowest BCUT2D eigenvalue weighted by molar-refractivity contribution is -0.149. The molecular weight excluding hydrogens is 198 g/mol. The first-order valence-corrected chi connectivity index (χ1v) is 3.91. The van der Waals surface area contributed by atoms with Crippen LogP contribution in [-0.4, -0.2) is 6.18 Å². The molecule has 0 saturated carbocycles. The molecule has 0 spiro atoms. The fourth-order valence-corrected chi connectivity index (χ4v) is 1.09. The van der Waals surface area contributed by atoms with Crippen LogP contribution in [0, 0.1) is 12.7 Å². The molecule has 1 rings (SSSR count). The Kier molecular flexibility index (Phi) is 2.80.